The molecule has 1 unspecified atom stereocenters. The average molecular weight is 214 g/mol. The molecule has 1 atom stereocenters. The van der Waals surface area contributed by atoms with E-state index in [1.54, 1.807) is 0 Å². The zero-order valence-electron chi connectivity index (χ0n) is 10.6. The van der Waals surface area contributed by atoms with Crippen LogP contribution < -0.4 is 11.1 Å². The second-order valence-corrected chi connectivity index (χ2v) is 5.25. The molecule has 0 saturated heterocycles. The van der Waals surface area contributed by atoms with Gasteiger partial charge in [-0.15, -0.1) is 0 Å². The summed E-state index contributed by atoms with van der Waals surface area (Å²) < 4.78 is 0. The van der Waals surface area contributed by atoms with Gasteiger partial charge in [-0.25, -0.2) is 0 Å². The Kier molecular flexibility index (Phi) is 6.57. The van der Waals surface area contributed by atoms with Crippen LogP contribution in [0.4, 0.5) is 0 Å². The SMILES string of the molecule is CC(NC(=O)CCCCCN)C(C)(C)C. The monoisotopic (exact) mass is 214 g/mol. The first-order valence-corrected chi connectivity index (χ1v) is 5.87. The number of amides is 1. The van der Waals surface area contributed by atoms with Gasteiger partial charge in [0.1, 0.15) is 0 Å². The molecule has 0 aliphatic rings. The van der Waals surface area contributed by atoms with Crippen molar-refractivity contribution >= 4 is 5.91 Å². The fourth-order valence-electron chi connectivity index (χ4n) is 1.14. The van der Waals surface area contributed by atoms with E-state index in [4.69, 9.17) is 5.73 Å². The highest BCUT2D eigenvalue weighted by Crippen LogP contribution is 2.18. The van der Waals surface area contributed by atoms with Crippen molar-refractivity contribution in [3.8, 4) is 0 Å². The fraction of sp³-hybridized carbons (Fsp3) is 0.917. The van der Waals surface area contributed by atoms with Gasteiger partial charge in [-0.1, -0.05) is 27.2 Å². The minimum Gasteiger partial charge on any atom is -0.353 e. The number of nitrogens with one attached hydrogen (secondary N) is 1. The normalized spacial score (nSPS) is 13.7. The van der Waals surface area contributed by atoms with Gasteiger partial charge in [-0.2, -0.15) is 0 Å². The van der Waals surface area contributed by atoms with Crippen LogP contribution in [0.2, 0.25) is 0 Å². The molecule has 0 aliphatic heterocycles. The molecule has 0 fully saturated rings. The Balaban J connectivity index is 3.65. The fourth-order valence-corrected chi connectivity index (χ4v) is 1.14. The van der Waals surface area contributed by atoms with Gasteiger partial charge in [0.2, 0.25) is 5.91 Å². The second-order valence-electron chi connectivity index (χ2n) is 5.25. The van der Waals surface area contributed by atoms with E-state index in [2.05, 4.69) is 33.0 Å². The van der Waals surface area contributed by atoms with Gasteiger partial charge < -0.3 is 11.1 Å². The van der Waals surface area contributed by atoms with E-state index in [9.17, 15) is 4.79 Å². The molecular weight excluding hydrogens is 188 g/mol. The molecule has 0 saturated carbocycles. The molecule has 0 rings (SSSR count). The summed E-state index contributed by atoms with van der Waals surface area (Å²) in [6, 6.07) is 0.222. The number of unbranched alkanes of at least 4 members (excludes halogenated alkanes) is 2. The van der Waals surface area contributed by atoms with Crippen molar-refractivity contribution < 1.29 is 4.79 Å². The van der Waals surface area contributed by atoms with Crippen LogP contribution in [0.15, 0.2) is 0 Å². The number of nitrogens with two attached hydrogens (primary N) is 1. The highest BCUT2D eigenvalue weighted by Gasteiger charge is 2.21. The second kappa shape index (κ2) is 6.83. The van der Waals surface area contributed by atoms with Crippen LogP contribution in [0.1, 0.15) is 53.4 Å². The number of hydrogen-bond acceptors (Lipinski definition) is 2. The van der Waals surface area contributed by atoms with Gasteiger partial charge in [0.05, 0.1) is 0 Å². The van der Waals surface area contributed by atoms with Crippen molar-refractivity contribution in [1.82, 2.24) is 5.32 Å². The van der Waals surface area contributed by atoms with Gasteiger partial charge in [0.15, 0.2) is 0 Å². The molecule has 0 bridgehead atoms. The number of carbonyl (C=O) groups is 1. The summed E-state index contributed by atoms with van der Waals surface area (Å²) in [5.41, 5.74) is 5.51. The van der Waals surface area contributed by atoms with E-state index in [0.717, 1.165) is 25.8 Å². The van der Waals surface area contributed by atoms with Crippen molar-refractivity contribution in [3.63, 3.8) is 0 Å². The first-order valence-electron chi connectivity index (χ1n) is 5.87. The molecule has 1 amide bonds. The maximum absolute atomic E-state index is 11.5. The van der Waals surface area contributed by atoms with Gasteiger partial charge in [0.25, 0.3) is 0 Å². The van der Waals surface area contributed by atoms with E-state index in [1.807, 2.05) is 0 Å². The maximum atomic E-state index is 11.5. The minimum atomic E-state index is 0.132. The zero-order valence-corrected chi connectivity index (χ0v) is 10.6. The topological polar surface area (TPSA) is 55.1 Å². The Bertz CT molecular complexity index is 185. The van der Waals surface area contributed by atoms with Crippen LogP contribution in [0, 0.1) is 5.41 Å². The van der Waals surface area contributed by atoms with Crippen LogP contribution in [-0.2, 0) is 4.79 Å². The Morgan fingerprint density at radius 3 is 2.33 bits per heavy atom. The molecule has 3 N–H and O–H groups in total. The summed E-state index contributed by atoms with van der Waals surface area (Å²) in [6.07, 6.45) is 3.64. The predicted octanol–water partition coefficient (Wildman–Crippen LogP) is 2.06. The smallest absolute Gasteiger partial charge is 0.220 e. The summed E-state index contributed by atoms with van der Waals surface area (Å²) in [5, 5.41) is 3.03. The average Bonchev–Trinajstić information content (AvgIpc) is 2.11. The lowest BCUT2D eigenvalue weighted by Crippen LogP contribution is -2.41. The Hall–Kier alpha value is -0.570. The van der Waals surface area contributed by atoms with Crippen molar-refractivity contribution in [2.24, 2.45) is 11.1 Å². The molecule has 0 aromatic rings. The molecule has 0 aromatic carbocycles. The van der Waals surface area contributed by atoms with Crippen LogP contribution in [-0.4, -0.2) is 18.5 Å². The molecule has 3 nitrogen and oxygen atoms in total. The molecule has 0 aliphatic carbocycles. The van der Waals surface area contributed by atoms with Crippen molar-refractivity contribution in [3.05, 3.63) is 0 Å². The molecule has 0 heterocycles. The van der Waals surface area contributed by atoms with Crippen molar-refractivity contribution in [1.29, 1.82) is 0 Å². The number of hydrogen-bond donors (Lipinski definition) is 2. The van der Waals surface area contributed by atoms with Crippen LogP contribution >= 0.6 is 0 Å². The van der Waals surface area contributed by atoms with E-state index in [-0.39, 0.29) is 17.4 Å². The third-order valence-electron chi connectivity index (χ3n) is 2.78. The molecule has 0 aromatic heterocycles. The highest BCUT2D eigenvalue weighted by atomic mass is 16.1. The standard InChI is InChI=1S/C12H26N2O/c1-10(12(2,3)4)14-11(15)8-6-5-7-9-13/h10H,5-9,13H2,1-4H3,(H,14,15). The van der Waals surface area contributed by atoms with Crippen LogP contribution in [0.3, 0.4) is 0 Å². The van der Waals surface area contributed by atoms with Crippen molar-refractivity contribution in [2.45, 2.75) is 59.4 Å². The number of rotatable bonds is 6. The van der Waals surface area contributed by atoms with E-state index >= 15 is 0 Å². The summed E-state index contributed by atoms with van der Waals surface area (Å²) in [4.78, 5) is 11.5. The first-order chi connectivity index (χ1) is 6.88. The molecule has 90 valence electrons. The highest BCUT2D eigenvalue weighted by molar-refractivity contribution is 5.76. The van der Waals surface area contributed by atoms with Crippen molar-refractivity contribution in [2.75, 3.05) is 6.54 Å². The minimum absolute atomic E-state index is 0.132. The lowest BCUT2D eigenvalue weighted by molar-refractivity contribution is -0.122. The largest absolute Gasteiger partial charge is 0.353 e. The number of carbonyl (C=O) groups excluding carboxylic acids is 1. The predicted molar refractivity (Wildman–Crippen MR) is 64.6 cm³/mol. The Morgan fingerprint density at radius 1 is 1.27 bits per heavy atom. The molecular formula is C12H26N2O. The van der Waals surface area contributed by atoms with E-state index < -0.39 is 0 Å². The van der Waals surface area contributed by atoms with E-state index in [0.29, 0.717) is 6.42 Å². The lowest BCUT2D eigenvalue weighted by Gasteiger charge is -2.28. The first kappa shape index (κ1) is 14.4. The summed E-state index contributed by atoms with van der Waals surface area (Å²) >= 11 is 0. The molecule has 3 heteroatoms. The van der Waals surface area contributed by atoms with Crippen LogP contribution in [0.25, 0.3) is 0 Å². The van der Waals surface area contributed by atoms with Gasteiger partial charge in [-0.05, 0) is 31.7 Å². The summed E-state index contributed by atoms with van der Waals surface area (Å²) in [5.74, 6) is 0.162. The summed E-state index contributed by atoms with van der Waals surface area (Å²) in [6.45, 7) is 9.17. The van der Waals surface area contributed by atoms with Gasteiger partial charge in [0, 0.05) is 12.5 Å². The quantitative estimate of drug-likeness (QED) is 0.665. The summed E-state index contributed by atoms with van der Waals surface area (Å²) in [7, 11) is 0. The molecule has 0 radical (unpaired) electrons. The Labute approximate surface area is 93.8 Å². The van der Waals surface area contributed by atoms with Gasteiger partial charge >= 0.3 is 0 Å². The molecule has 0 spiro atoms. The Morgan fingerprint density at radius 2 is 1.87 bits per heavy atom. The maximum Gasteiger partial charge on any atom is 0.220 e. The van der Waals surface area contributed by atoms with Gasteiger partial charge in [-0.3, -0.25) is 4.79 Å². The third-order valence-corrected chi connectivity index (χ3v) is 2.78. The zero-order chi connectivity index (χ0) is 11.9. The molecule has 15 heavy (non-hydrogen) atoms. The third kappa shape index (κ3) is 7.37. The van der Waals surface area contributed by atoms with Crippen LogP contribution in [0.5, 0.6) is 0 Å². The van der Waals surface area contributed by atoms with E-state index in [1.165, 1.54) is 0 Å². The lowest BCUT2D eigenvalue weighted by atomic mass is 9.88.